The lowest BCUT2D eigenvalue weighted by Gasteiger charge is -2.09. The number of nitrogens with one attached hydrogen (secondary N) is 1. The van der Waals surface area contributed by atoms with Gasteiger partial charge < -0.3 is 5.32 Å². The molecule has 0 aliphatic carbocycles. The van der Waals surface area contributed by atoms with E-state index >= 15 is 0 Å². The molecule has 0 aromatic carbocycles. The average Bonchev–Trinajstić information content (AvgIpc) is 3.07. The molecular weight excluding hydrogens is 294 g/mol. The minimum Gasteiger partial charge on any atom is -0.352 e. The molecule has 5 heteroatoms. The van der Waals surface area contributed by atoms with Crippen molar-refractivity contribution in [1.82, 2.24) is 15.3 Å². The summed E-state index contributed by atoms with van der Waals surface area (Å²) in [6, 6.07) is 9.66. The molecule has 0 saturated heterocycles. The van der Waals surface area contributed by atoms with Crippen molar-refractivity contribution in [2.24, 2.45) is 0 Å². The number of thiophene rings is 1. The summed E-state index contributed by atoms with van der Waals surface area (Å²) < 4.78 is 0. The zero-order valence-electron chi connectivity index (χ0n) is 11.9. The molecule has 3 rings (SSSR count). The largest absolute Gasteiger partial charge is 0.352 e. The standard InChI is InChI=1S/C17H15N3OS/c21-16(9-13-5-8-22-12-13)20-11-15-4-2-7-19-17(15)14-3-1-6-18-10-14/h1-8,10,12H,9,11H2,(H,20,21). The molecule has 110 valence electrons. The van der Waals surface area contributed by atoms with Gasteiger partial charge in [0, 0.05) is 30.7 Å². The van der Waals surface area contributed by atoms with Gasteiger partial charge in [0.05, 0.1) is 12.1 Å². The van der Waals surface area contributed by atoms with Gasteiger partial charge in [-0.25, -0.2) is 0 Å². The van der Waals surface area contributed by atoms with E-state index in [1.54, 1.807) is 29.9 Å². The minimum atomic E-state index is 0.0133. The van der Waals surface area contributed by atoms with E-state index in [1.807, 2.05) is 41.1 Å². The van der Waals surface area contributed by atoms with Crippen molar-refractivity contribution < 1.29 is 4.79 Å². The Kier molecular flexibility index (Phi) is 4.56. The molecule has 3 aromatic rings. The van der Waals surface area contributed by atoms with Crippen molar-refractivity contribution in [3.05, 3.63) is 70.8 Å². The van der Waals surface area contributed by atoms with Crippen LogP contribution in [0, 0.1) is 0 Å². The van der Waals surface area contributed by atoms with Crippen molar-refractivity contribution in [3.63, 3.8) is 0 Å². The van der Waals surface area contributed by atoms with Crippen LogP contribution in [0.4, 0.5) is 0 Å². The van der Waals surface area contributed by atoms with E-state index in [1.165, 1.54) is 0 Å². The number of aromatic nitrogens is 2. The minimum absolute atomic E-state index is 0.0133. The van der Waals surface area contributed by atoms with Crippen molar-refractivity contribution in [3.8, 4) is 11.3 Å². The average molecular weight is 309 g/mol. The number of rotatable bonds is 5. The van der Waals surface area contributed by atoms with Gasteiger partial charge in [0.15, 0.2) is 0 Å². The van der Waals surface area contributed by atoms with Crippen LogP contribution < -0.4 is 5.32 Å². The number of pyridine rings is 2. The third kappa shape index (κ3) is 3.56. The molecule has 0 aliphatic rings. The summed E-state index contributed by atoms with van der Waals surface area (Å²) in [6.45, 7) is 0.459. The van der Waals surface area contributed by atoms with Gasteiger partial charge in [0.2, 0.25) is 5.91 Å². The molecule has 0 radical (unpaired) electrons. The molecule has 3 aromatic heterocycles. The fourth-order valence-electron chi connectivity index (χ4n) is 2.18. The lowest BCUT2D eigenvalue weighted by atomic mass is 10.1. The second-order valence-corrected chi connectivity index (χ2v) is 5.62. The summed E-state index contributed by atoms with van der Waals surface area (Å²) in [5.41, 5.74) is 3.83. The summed E-state index contributed by atoms with van der Waals surface area (Å²) in [5.74, 6) is 0.0133. The van der Waals surface area contributed by atoms with Gasteiger partial charge in [-0.1, -0.05) is 6.07 Å². The van der Waals surface area contributed by atoms with Crippen molar-refractivity contribution in [2.45, 2.75) is 13.0 Å². The van der Waals surface area contributed by atoms with Crippen LogP contribution in [0.15, 0.2) is 59.7 Å². The number of hydrogen-bond acceptors (Lipinski definition) is 4. The second-order valence-electron chi connectivity index (χ2n) is 4.84. The molecule has 0 spiro atoms. The summed E-state index contributed by atoms with van der Waals surface area (Å²) in [7, 11) is 0. The van der Waals surface area contributed by atoms with Crippen LogP contribution in [-0.4, -0.2) is 15.9 Å². The Labute approximate surface area is 132 Å². The molecule has 0 fully saturated rings. The second kappa shape index (κ2) is 6.95. The van der Waals surface area contributed by atoms with E-state index in [9.17, 15) is 4.79 Å². The topological polar surface area (TPSA) is 54.9 Å². The van der Waals surface area contributed by atoms with E-state index in [0.717, 1.165) is 22.4 Å². The molecule has 0 bridgehead atoms. The highest BCUT2D eigenvalue weighted by molar-refractivity contribution is 7.07. The predicted octanol–water partition coefficient (Wildman–Crippen LogP) is 3.06. The van der Waals surface area contributed by atoms with E-state index < -0.39 is 0 Å². The molecular formula is C17H15N3OS. The van der Waals surface area contributed by atoms with Gasteiger partial charge in [0.25, 0.3) is 0 Å². The number of nitrogens with zero attached hydrogens (tertiary/aromatic N) is 2. The molecule has 0 saturated carbocycles. The predicted molar refractivity (Wildman–Crippen MR) is 87.3 cm³/mol. The van der Waals surface area contributed by atoms with E-state index in [4.69, 9.17) is 0 Å². The van der Waals surface area contributed by atoms with Crippen LogP contribution in [0.25, 0.3) is 11.3 Å². The maximum atomic E-state index is 12.0. The van der Waals surface area contributed by atoms with Gasteiger partial charge in [0.1, 0.15) is 0 Å². The zero-order chi connectivity index (χ0) is 15.2. The van der Waals surface area contributed by atoms with Crippen molar-refractivity contribution in [2.75, 3.05) is 0 Å². The van der Waals surface area contributed by atoms with Crippen LogP contribution in [0.1, 0.15) is 11.1 Å². The summed E-state index contributed by atoms with van der Waals surface area (Å²) >= 11 is 1.60. The first-order valence-corrected chi connectivity index (χ1v) is 7.89. The molecule has 0 unspecified atom stereocenters. The summed E-state index contributed by atoms with van der Waals surface area (Å²) in [4.78, 5) is 20.5. The van der Waals surface area contributed by atoms with Gasteiger partial charge in [-0.2, -0.15) is 11.3 Å². The molecule has 22 heavy (non-hydrogen) atoms. The van der Waals surface area contributed by atoms with Crippen LogP contribution in [0.3, 0.4) is 0 Å². The highest BCUT2D eigenvalue weighted by Crippen LogP contribution is 2.19. The Morgan fingerprint density at radius 2 is 2.09 bits per heavy atom. The molecule has 4 nitrogen and oxygen atoms in total. The molecule has 0 aliphatic heterocycles. The Hall–Kier alpha value is -2.53. The zero-order valence-corrected chi connectivity index (χ0v) is 12.7. The number of carbonyl (C=O) groups excluding carboxylic acids is 1. The summed E-state index contributed by atoms with van der Waals surface area (Å²) in [6.07, 6.45) is 5.67. The van der Waals surface area contributed by atoms with Crippen molar-refractivity contribution in [1.29, 1.82) is 0 Å². The van der Waals surface area contributed by atoms with E-state index in [2.05, 4.69) is 15.3 Å². The van der Waals surface area contributed by atoms with Gasteiger partial charge in [-0.05, 0) is 46.2 Å². The maximum absolute atomic E-state index is 12.0. The third-order valence-corrected chi connectivity index (χ3v) is 3.98. The first-order chi connectivity index (χ1) is 10.8. The first kappa shape index (κ1) is 14.4. The fourth-order valence-corrected chi connectivity index (χ4v) is 2.85. The molecule has 1 N–H and O–H groups in total. The van der Waals surface area contributed by atoms with Crippen LogP contribution in [-0.2, 0) is 17.8 Å². The van der Waals surface area contributed by atoms with Gasteiger partial charge in [-0.15, -0.1) is 0 Å². The lowest BCUT2D eigenvalue weighted by molar-refractivity contribution is -0.120. The van der Waals surface area contributed by atoms with Gasteiger partial charge >= 0.3 is 0 Å². The van der Waals surface area contributed by atoms with E-state index in [-0.39, 0.29) is 5.91 Å². The third-order valence-electron chi connectivity index (χ3n) is 3.25. The van der Waals surface area contributed by atoms with E-state index in [0.29, 0.717) is 13.0 Å². The van der Waals surface area contributed by atoms with Crippen molar-refractivity contribution >= 4 is 17.2 Å². The number of carbonyl (C=O) groups is 1. The smallest absolute Gasteiger partial charge is 0.224 e. The monoisotopic (exact) mass is 309 g/mol. The number of amides is 1. The first-order valence-electron chi connectivity index (χ1n) is 6.95. The number of hydrogen-bond donors (Lipinski definition) is 1. The molecule has 0 atom stereocenters. The molecule has 3 heterocycles. The SMILES string of the molecule is O=C(Cc1ccsc1)NCc1cccnc1-c1cccnc1. The van der Waals surface area contributed by atoms with Crippen LogP contribution in [0.5, 0.6) is 0 Å². The molecule has 1 amide bonds. The maximum Gasteiger partial charge on any atom is 0.224 e. The van der Waals surface area contributed by atoms with Crippen LogP contribution in [0.2, 0.25) is 0 Å². The summed E-state index contributed by atoms with van der Waals surface area (Å²) in [5, 5.41) is 6.92. The van der Waals surface area contributed by atoms with Crippen LogP contribution >= 0.6 is 11.3 Å². The lowest BCUT2D eigenvalue weighted by Crippen LogP contribution is -2.24. The Bertz CT molecular complexity index is 742. The highest BCUT2D eigenvalue weighted by atomic mass is 32.1. The quantitative estimate of drug-likeness (QED) is 0.788. The fraction of sp³-hybridized carbons (Fsp3) is 0.118. The Morgan fingerprint density at radius 3 is 2.86 bits per heavy atom. The Balaban J connectivity index is 1.69. The Morgan fingerprint density at radius 1 is 1.18 bits per heavy atom. The van der Waals surface area contributed by atoms with Gasteiger partial charge in [-0.3, -0.25) is 14.8 Å². The normalized spacial score (nSPS) is 10.4. The highest BCUT2D eigenvalue weighted by Gasteiger charge is 2.08.